The Hall–Kier alpha value is -0.740. The molecule has 0 aliphatic carbocycles. The lowest BCUT2D eigenvalue weighted by molar-refractivity contribution is -0.0245. The Morgan fingerprint density at radius 2 is 1.94 bits per heavy atom. The summed E-state index contributed by atoms with van der Waals surface area (Å²) < 4.78 is 9.99. The summed E-state index contributed by atoms with van der Waals surface area (Å²) in [5, 5.41) is 18.0. The lowest BCUT2D eigenvalue weighted by Gasteiger charge is -2.27. The summed E-state index contributed by atoms with van der Waals surface area (Å²) in [7, 11) is 0. The number of hydrogen-bond donors (Lipinski definition) is 4. The monoisotopic (exact) mass is 283 g/mol. The second-order valence-corrected chi connectivity index (χ2v) is 3.84. The Balaban J connectivity index is 0.000000557. The molecule has 0 aromatic heterocycles. The third-order valence-electron chi connectivity index (χ3n) is 1.54. The fourth-order valence-corrected chi connectivity index (χ4v) is 1.25. The average Bonchev–Trinajstić information content (AvgIpc) is 2.16. The van der Waals surface area contributed by atoms with Crippen LogP contribution in [-0.2, 0) is 9.47 Å². The minimum absolute atomic E-state index is 0.192. The first kappa shape index (κ1) is 16.3. The summed E-state index contributed by atoms with van der Waals surface area (Å²) >= 11 is 8.71. The van der Waals surface area contributed by atoms with Gasteiger partial charge in [0.25, 0.3) is 10.3 Å². The van der Waals surface area contributed by atoms with Crippen LogP contribution >= 0.6 is 24.4 Å². The SMILES string of the molecule is CC(O)OC(=S)NN1CCOCC1.NC(O)=S. The van der Waals surface area contributed by atoms with E-state index in [0.717, 1.165) is 13.1 Å². The van der Waals surface area contributed by atoms with E-state index >= 15 is 0 Å². The number of rotatable bonds is 2. The molecule has 1 atom stereocenters. The number of nitrogens with two attached hydrogens (primary N) is 1. The second kappa shape index (κ2) is 9.31. The number of aliphatic hydroxyl groups excluding tert-OH is 2. The van der Waals surface area contributed by atoms with Crippen molar-refractivity contribution in [2.24, 2.45) is 5.73 Å². The topological polar surface area (TPSA) is 100 Å². The molecule has 17 heavy (non-hydrogen) atoms. The molecule has 0 radical (unpaired) electrons. The van der Waals surface area contributed by atoms with Gasteiger partial charge in [0.15, 0.2) is 6.29 Å². The summed E-state index contributed by atoms with van der Waals surface area (Å²) in [4.78, 5) is 0. The van der Waals surface area contributed by atoms with Crippen molar-refractivity contribution in [3.63, 3.8) is 0 Å². The van der Waals surface area contributed by atoms with Crippen LogP contribution in [-0.4, -0.2) is 58.2 Å². The summed E-state index contributed by atoms with van der Waals surface area (Å²) in [6.45, 7) is 4.41. The van der Waals surface area contributed by atoms with Crippen molar-refractivity contribution >= 4 is 34.8 Å². The van der Waals surface area contributed by atoms with E-state index in [1.807, 2.05) is 5.01 Å². The fourth-order valence-electron chi connectivity index (χ4n) is 0.986. The zero-order chi connectivity index (χ0) is 13.3. The third-order valence-corrected chi connectivity index (χ3v) is 1.73. The standard InChI is InChI=1S/C7H14N2O3S.CH3NOS/c1-6(10)12-7(13)8-9-2-4-11-5-3-9;2-1(3)4/h6,10H,2-5H2,1H3,(H,8,13);(H3,2,3,4). The normalized spacial score (nSPS) is 17.3. The summed E-state index contributed by atoms with van der Waals surface area (Å²) in [6.07, 6.45) is -0.874. The highest BCUT2D eigenvalue weighted by Crippen LogP contribution is 1.94. The number of thiocarbonyl (C=S) groups is 2. The average molecular weight is 283 g/mol. The van der Waals surface area contributed by atoms with Crippen molar-refractivity contribution in [1.29, 1.82) is 0 Å². The lowest BCUT2D eigenvalue weighted by atomic mass is 10.5. The van der Waals surface area contributed by atoms with Crippen molar-refractivity contribution in [1.82, 2.24) is 10.4 Å². The van der Waals surface area contributed by atoms with Gasteiger partial charge in [-0.25, -0.2) is 5.01 Å². The number of morpholine rings is 1. The largest absolute Gasteiger partial charge is 0.487 e. The van der Waals surface area contributed by atoms with Crippen molar-refractivity contribution in [3.05, 3.63) is 0 Å². The molecule has 0 saturated carbocycles. The Morgan fingerprint density at radius 1 is 1.47 bits per heavy atom. The van der Waals surface area contributed by atoms with E-state index in [9.17, 15) is 0 Å². The van der Waals surface area contributed by atoms with Gasteiger partial charge in [0.05, 0.1) is 13.2 Å². The van der Waals surface area contributed by atoms with Gasteiger partial charge >= 0.3 is 0 Å². The first-order valence-corrected chi connectivity index (χ1v) is 5.70. The number of nitrogens with zero attached hydrogens (tertiary/aromatic N) is 1. The summed E-state index contributed by atoms with van der Waals surface area (Å²) in [6, 6.07) is 0. The molecule has 1 rings (SSSR count). The number of aliphatic hydroxyl groups is 2. The summed E-state index contributed by atoms with van der Waals surface area (Å²) in [5.74, 6) is 0. The van der Waals surface area contributed by atoms with Crippen LogP contribution < -0.4 is 11.2 Å². The Kier molecular flexibility index (Phi) is 8.90. The maximum absolute atomic E-state index is 8.86. The first-order chi connectivity index (χ1) is 7.91. The van der Waals surface area contributed by atoms with Crippen LogP contribution in [0, 0.1) is 0 Å². The van der Waals surface area contributed by atoms with Crippen molar-refractivity contribution in [2.75, 3.05) is 26.3 Å². The van der Waals surface area contributed by atoms with Gasteiger partial charge < -0.3 is 25.4 Å². The molecule has 0 amide bonds. The number of ether oxygens (including phenoxy) is 2. The van der Waals surface area contributed by atoms with Crippen LogP contribution in [0.15, 0.2) is 0 Å². The third kappa shape index (κ3) is 11.5. The molecule has 0 aromatic carbocycles. The van der Waals surface area contributed by atoms with E-state index in [1.54, 1.807) is 0 Å². The zero-order valence-corrected chi connectivity index (χ0v) is 11.1. The van der Waals surface area contributed by atoms with Gasteiger partial charge in [0.1, 0.15) is 0 Å². The lowest BCUT2D eigenvalue weighted by Crippen LogP contribution is -2.48. The van der Waals surface area contributed by atoms with Gasteiger partial charge in [-0.2, -0.15) is 0 Å². The van der Waals surface area contributed by atoms with Gasteiger partial charge in [0, 0.05) is 13.1 Å². The van der Waals surface area contributed by atoms with Gasteiger partial charge in [-0.3, -0.25) is 5.43 Å². The quantitative estimate of drug-likeness (QED) is 0.385. The van der Waals surface area contributed by atoms with Gasteiger partial charge in [-0.05, 0) is 31.4 Å². The minimum atomic E-state index is -0.874. The molecule has 0 bridgehead atoms. The van der Waals surface area contributed by atoms with Crippen LogP contribution in [0.3, 0.4) is 0 Å². The number of hydrazine groups is 1. The molecule has 1 heterocycles. The molecule has 0 aromatic rings. The number of nitrogens with one attached hydrogen (secondary N) is 1. The molecule has 1 aliphatic rings. The van der Waals surface area contributed by atoms with Crippen LogP contribution in [0.5, 0.6) is 0 Å². The van der Waals surface area contributed by atoms with Crippen LogP contribution in [0.25, 0.3) is 0 Å². The van der Waals surface area contributed by atoms with Crippen molar-refractivity contribution < 1.29 is 19.7 Å². The molecular weight excluding hydrogens is 266 g/mol. The molecule has 9 heteroatoms. The molecule has 1 fully saturated rings. The predicted octanol–water partition coefficient (Wildman–Crippen LogP) is -0.749. The van der Waals surface area contributed by atoms with Crippen LogP contribution in [0.1, 0.15) is 6.92 Å². The first-order valence-electron chi connectivity index (χ1n) is 4.88. The maximum Gasteiger partial charge on any atom is 0.273 e. The summed E-state index contributed by atoms with van der Waals surface area (Å²) in [5.41, 5.74) is 7.25. The van der Waals surface area contributed by atoms with Gasteiger partial charge in [0.2, 0.25) is 0 Å². The molecular formula is C8H17N3O4S2. The van der Waals surface area contributed by atoms with Crippen molar-refractivity contribution in [3.8, 4) is 0 Å². The maximum atomic E-state index is 8.86. The van der Waals surface area contributed by atoms with E-state index in [1.165, 1.54) is 6.92 Å². The van der Waals surface area contributed by atoms with Crippen molar-refractivity contribution in [2.45, 2.75) is 13.2 Å². The number of hydrogen-bond acceptors (Lipinski definition) is 6. The van der Waals surface area contributed by atoms with E-state index in [4.69, 9.17) is 31.9 Å². The van der Waals surface area contributed by atoms with E-state index < -0.39 is 11.5 Å². The molecule has 5 N–H and O–H groups in total. The zero-order valence-electron chi connectivity index (χ0n) is 9.46. The van der Waals surface area contributed by atoms with E-state index in [0.29, 0.717) is 13.2 Å². The molecule has 1 saturated heterocycles. The Bertz CT molecular complexity index is 243. The van der Waals surface area contributed by atoms with Crippen LogP contribution in [0.4, 0.5) is 0 Å². The smallest absolute Gasteiger partial charge is 0.273 e. The molecule has 1 aliphatic heterocycles. The van der Waals surface area contributed by atoms with E-state index in [-0.39, 0.29) is 5.17 Å². The molecule has 7 nitrogen and oxygen atoms in total. The fraction of sp³-hybridized carbons (Fsp3) is 0.750. The minimum Gasteiger partial charge on any atom is -0.487 e. The Labute approximate surface area is 110 Å². The van der Waals surface area contributed by atoms with Crippen LogP contribution in [0.2, 0.25) is 0 Å². The van der Waals surface area contributed by atoms with Gasteiger partial charge in [-0.1, -0.05) is 0 Å². The predicted molar refractivity (Wildman–Crippen MR) is 70.3 cm³/mol. The van der Waals surface area contributed by atoms with Gasteiger partial charge in [-0.15, -0.1) is 0 Å². The molecule has 100 valence electrons. The Morgan fingerprint density at radius 3 is 2.35 bits per heavy atom. The second-order valence-electron chi connectivity index (χ2n) is 3.05. The van der Waals surface area contributed by atoms with E-state index in [2.05, 4.69) is 23.4 Å². The molecule has 0 spiro atoms. The highest BCUT2D eigenvalue weighted by molar-refractivity contribution is 7.80. The molecule has 1 unspecified atom stereocenters. The highest BCUT2D eigenvalue weighted by Gasteiger charge is 2.12. The highest BCUT2D eigenvalue weighted by atomic mass is 32.1.